The van der Waals surface area contributed by atoms with Crippen molar-refractivity contribution in [2.24, 2.45) is 0 Å². The van der Waals surface area contributed by atoms with Crippen LogP contribution in [0.2, 0.25) is 5.02 Å². The number of benzene rings is 3. The van der Waals surface area contributed by atoms with E-state index in [1.165, 1.54) is 12.1 Å². The molecule has 3 aromatic carbocycles. The van der Waals surface area contributed by atoms with E-state index in [4.69, 9.17) is 11.6 Å². The molecule has 160 valence electrons. The molecule has 1 heterocycles. The number of anilines is 2. The first-order chi connectivity index (χ1) is 15.4. The van der Waals surface area contributed by atoms with Crippen LogP contribution in [-0.4, -0.2) is 16.7 Å². The molecule has 0 spiro atoms. The maximum absolute atomic E-state index is 12.7. The Hall–Kier alpha value is -3.75. The Kier molecular flexibility index (Phi) is 6.16. The number of carbonyl (C=O) groups excluding carboxylic acids is 2. The molecular weight excluding hydrogens is 450 g/mol. The number of fused-ring (bicyclic) bond motifs is 1. The molecule has 0 saturated heterocycles. The number of nitrogens with one attached hydrogen (secondary N) is 2. The normalized spacial score (nSPS) is 10.7. The number of rotatable bonds is 6. The number of halogens is 1. The summed E-state index contributed by atoms with van der Waals surface area (Å²) in [6.07, 6.45) is 0.260. The van der Waals surface area contributed by atoms with E-state index < -0.39 is 10.8 Å². The Balaban J connectivity index is 1.45. The van der Waals surface area contributed by atoms with Crippen LogP contribution in [0.1, 0.15) is 15.2 Å². The van der Waals surface area contributed by atoms with Gasteiger partial charge >= 0.3 is 0 Å². The average molecular weight is 466 g/mol. The van der Waals surface area contributed by atoms with Crippen LogP contribution < -0.4 is 10.6 Å². The Morgan fingerprint density at radius 3 is 2.22 bits per heavy atom. The summed E-state index contributed by atoms with van der Waals surface area (Å²) in [4.78, 5) is 35.9. The molecule has 0 aliphatic carbocycles. The molecule has 2 amide bonds. The zero-order valence-corrected chi connectivity index (χ0v) is 18.1. The third-order valence-corrected chi connectivity index (χ3v) is 6.40. The van der Waals surface area contributed by atoms with Gasteiger partial charge in [-0.1, -0.05) is 54.1 Å². The van der Waals surface area contributed by atoms with Crippen LogP contribution in [0.5, 0.6) is 0 Å². The molecule has 7 nitrogen and oxygen atoms in total. The van der Waals surface area contributed by atoms with E-state index in [2.05, 4.69) is 10.6 Å². The zero-order valence-electron chi connectivity index (χ0n) is 16.5. The van der Waals surface area contributed by atoms with Crippen LogP contribution in [-0.2, 0) is 11.2 Å². The lowest BCUT2D eigenvalue weighted by Gasteiger charge is -2.08. The minimum Gasteiger partial charge on any atom is -0.326 e. The van der Waals surface area contributed by atoms with Gasteiger partial charge in [-0.15, -0.1) is 11.3 Å². The van der Waals surface area contributed by atoms with Gasteiger partial charge < -0.3 is 10.6 Å². The first-order valence-electron chi connectivity index (χ1n) is 9.53. The number of hydrogen-bond acceptors (Lipinski definition) is 5. The zero-order chi connectivity index (χ0) is 22.7. The molecule has 0 unspecified atom stereocenters. The van der Waals surface area contributed by atoms with Crippen LogP contribution in [0.25, 0.3) is 10.1 Å². The van der Waals surface area contributed by atoms with Crippen molar-refractivity contribution in [1.29, 1.82) is 0 Å². The Morgan fingerprint density at radius 2 is 1.56 bits per heavy atom. The Labute approximate surface area is 191 Å². The lowest BCUT2D eigenvalue weighted by molar-refractivity contribution is -0.382. The summed E-state index contributed by atoms with van der Waals surface area (Å²) in [6.45, 7) is 0. The molecular formula is C23H16ClN3O4S. The third-order valence-electron chi connectivity index (χ3n) is 4.67. The van der Waals surface area contributed by atoms with Crippen molar-refractivity contribution >= 4 is 61.9 Å². The number of nitro groups is 1. The first-order valence-corrected chi connectivity index (χ1v) is 10.7. The predicted octanol–water partition coefficient (Wildman–Crippen LogP) is 5.90. The van der Waals surface area contributed by atoms with Gasteiger partial charge in [-0.25, -0.2) is 0 Å². The number of nitrogens with zero attached hydrogens (tertiary/aromatic N) is 1. The van der Waals surface area contributed by atoms with Gasteiger partial charge in [0.2, 0.25) is 5.91 Å². The van der Waals surface area contributed by atoms with Crippen molar-refractivity contribution in [2.75, 3.05) is 10.6 Å². The molecule has 0 atom stereocenters. The third kappa shape index (κ3) is 4.61. The largest absolute Gasteiger partial charge is 0.326 e. The van der Waals surface area contributed by atoms with Crippen LogP contribution in [0.3, 0.4) is 0 Å². The number of nitro benzene ring substituents is 1. The SMILES string of the molecule is O=C(Cc1ccccc1)Nc1ccc(NC(=O)c2sc3c([N+](=O)[O-])cccc3c2Cl)cc1. The van der Waals surface area contributed by atoms with E-state index in [1.807, 2.05) is 30.3 Å². The number of amides is 2. The molecule has 32 heavy (non-hydrogen) atoms. The molecule has 0 aliphatic rings. The van der Waals surface area contributed by atoms with Gasteiger partial charge in [0.25, 0.3) is 11.6 Å². The molecule has 4 rings (SSSR count). The van der Waals surface area contributed by atoms with E-state index in [0.29, 0.717) is 21.5 Å². The number of hydrogen-bond donors (Lipinski definition) is 2. The Morgan fingerprint density at radius 1 is 0.906 bits per heavy atom. The minimum absolute atomic E-state index is 0.0935. The lowest BCUT2D eigenvalue weighted by Crippen LogP contribution is -2.14. The monoisotopic (exact) mass is 465 g/mol. The highest BCUT2D eigenvalue weighted by Gasteiger charge is 2.22. The van der Waals surface area contributed by atoms with E-state index in [9.17, 15) is 19.7 Å². The van der Waals surface area contributed by atoms with Gasteiger partial charge in [0.1, 0.15) is 9.58 Å². The molecule has 9 heteroatoms. The van der Waals surface area contributed by atoms with Gasteiger partial charge in [-0.05, 0) is 29.8 Å². The fraction of sp³-hybridized carbons (Fsp3) is 0.0435. The predicted molar refractivity (Wildman–Crippen MR) is 127 cm³/mol. The van der Waals surface area contributed by atoms with E-state index in [1.54, 1.807) is 30.3 Å². The molecule has 0 radical (unpaired) electrons. The maximum atomic E-state index is 12.7. The van der Waals surface area contributed by atoms with Crippen molar-refractivity contribution in [3.63, 3.8) is 0 Å². The highest BCUT2D eigenvalue weighted by atomic mass is 35.5. The second kappa shape index (κ2) is 9.17. The van der Waals surface area contributed by atoms with E-state index in [-0.39, 0.29) is 27.9 Å². The first kappa shape index (κ1) is 21.5. The summed E-state index contributed by atoms with van der Waals surface area (Å²) in [5, 5.41) is 17.4. The molecule has 0 aliphatic heterocycles. The fourth-order valence-electron chi connectivity index (χ4n) is 3.18. The van der Waals surface area contributed by atoms with Crippen molar-refractivity contribution in [2.45, 2.75) is 6.42 Å². The molecule has 0 saturated carbocycles. The summed E-state index contributed by atoms with van der Waals surface area (Å²) in [5.74, 6) is -0.613. The van der Waals surface area contributed by atoms with Gasteiger partial charge in [-0.2, -0.15) is 0 Å². The summed E-state index contributed by atoms with van der Waals surface area (Å²) < 4.78 is 0.351. The summed E-state index contributed by atoms with van der Waals surface area (Å²) in [5.41, 5.74) is 1.91. The topological polar surface area (TPSA) is 101 Å². The molecule has 0 bridgehead atoms. The van der Waals surface area contributed by atoms with Gasteiger partial charge in [0, 0.05) is 22.8 Å². The van der Waals surface area contributed by atoms with Crippen LogP contribution >= 0.6 is 22.9 Å². The smallest absolute Gasteiger partial charge is 0.287 e. The molecule has 0 fully saturated rings. The standard InChI is InChI=1S/C23H16ClN3O4S/c24-20-17-7-4-8-18(27(30)31)21(17)32-22(20)23(29)26-16-11-9-15(10-12-16)25-19(28)13-14-5-2-1-3-6-14/h1-12H,13H2,(H,25,28)(H,26,29). The molecule has 1 aromatic heterocycles. The summed E-state index contributed by atoms with van der Waals surface area (Å²) in [6, 6.07) is 20.6. The quantitative estimate of drug-likeness (QED) is 0.273. The van der Waals surface area contributed by atoms with Crippen molar-refractivity contribution in [3.05, 3.63) is 98.4 Å². The second-order valence-electron chi connectivity index (χ2n) is 6.90. The van der Waals surface area contributed by atoms with Gasteiger partial charge in [0.05, 0.1) is 16.4 Å². The summed E-state index contributed by atoms with van der Waals surface area (Å²) in [7, 11) is 0. The van der Waals surface area contributed by atoms with E-state index >= 15 is 0 Å². The van der Waals surface area contributed by atoms with E-state index in [0.717, 1.165) is 16.9 Å². The maximum Gasteiger partial charge on any atom is 0.287 e. The van der Waals surface area contributed by atoms with Crippen LogP contribution in [0, 0.1) is 10.1 Å². The van der Waals surface area contributed by atoms with Gasteiger partial charge in [-0.3, -0.25) is 19.7 Å². The van der Waals surface area contributed by atoms with Crippen LogP contribution in [0.4, 0.5) is 17.1 Å². The summed E-state index contributed by atoms with van der Waals surface area (Å²) >= 11 is 7.30. The highest BCUT2D eigenvalue weighted by Crippen LogP contribution is 2.40. The second-order valence-corrected chi connectivity index (χ2v) is 8.30. The van der Waals surface area contributed by atoms with Crippen molar-refractivity contribution in [3.8, 4) is 0 Å². The van der Waals surface area contributed by atoms with Crippen molar-refractivity contribution < 1.29 is 14.5 Å². The molecule has 4 aromatic rings. The lowest BCUT2D eigenvalue weighted by atomic mass is 10.1. The van der Waals surface area contributed by atoms with Crippen LogP contribution in [0.15, 0.2) is 72.8 Å². The number of thiophene rings is 1. The van der Waals surface area contributed by atoms with Crippen molar-refractivity contribution in [1.82, 2.24) is 0 Å². The van der Waals surface area contributed by atoms with Gasteiger partial charge in [0.15, 0.2) is 0 Å². The number of non-ortho nitro benzene ring substituents is 1. The number of carbonyl (C=O) groups is 2. The molecule has 2 N–H and O–H groups in total. The minimum atomic E-state index is -0.498. The average Bonchev–Trinajstić information content (AvgIpc) is 3.12. The Bertz CT molecular complexity index is 1320. The fourth-order valence-corrected chi connectivity index (χ4v) is 4.66. The highest BCUT2D eigenvalue weighted by molar-refractivity contribution is 7.22.